The van der Waals surface area contributed by atoms with Crippen LogP contribution >= 0.6 is 0 Å². The molecule has 16 heteroatoms. The van der Waals surface area contributed by atoms with Gasteiger partial charge in [0.05, 0.1) is 16.7 Å². The average Bonchev–Trinajstić information content (AvgIpc) is 3.28. The molecule has 6 rings (SSSR count). The number of rotatable bonds is 4. The van der Waals surface area contributed by atoms with Crippen molar-refractivity contribution >= 4 is 29.5 Å². The molecule has 0 bridgehead atoms. The van der Waals surface area contributed by atoms with Crippen molar-refractivity contribution in [1.29, 1.82) is 0 Å². The summed E-state index contributed by atoms with van der Waals surface area (Å²) < 4.78 is 121. The number of hydrogen-bond acceptors (Lipinski definition) is 8. The predicted molar refractivity (Wildman–Crippen MR) is 141 cm³/mol. The standard InChI is InChI=1S/C31H14F7NO8/c1-10(40)44-21-8-19-15(6-17(21)32)31(16-7-18(33)22(45-11(2)41)9-20(16)46-19)14-4-3-12(5-13(14)30(43)47-31)39-29(42)23-24(34)26(36)28(38)27(37)25(23)35/h3-9H,1-2H3,(H,39,42). The zero-order chi connectivity index (χ0) is 34.1. The van der Waals surface area contributed by atoms with Gasteiger partial charge in [-0.25, -0.2) is 35.5 Å². The van der Waals surface area contributed by atoms with Crippen LogP contribution in [-0.2, 0) is 19.9 Å². The van der Waals surface area contributed by atoms with Gasteiger partial charge in [-0.15, -0.1) is 0 Å². The van der Waals surface area contributed by atoms with E-state index in [-0.39, 0.29) is 39.4 Å². The van der Waals surface area contributed by atoms with Gasteiger partial charge in [0.25, 0.3) is 5.91 Å². The highest BCUT2D eigenvalue weighted by molar-refractivity contribution is 6.06. The first kappa shape index (κ1) is 31.1. The van der Waals surface area contributed by atoms with Crippen molar-refractivity contribution in [3.8, 4) is 23.0 Å². The van der Waals surface area contributed by atoms with Crippen molar-refractivity contribution < 1.29 is 68.9 Å². The molecule has 1 spiro atoms. The van der Waals surface area contributed by atoms with Crippen LogP contribution in [0.25, 0.3) is 0 Å². The summed E-state index contributed by atoms with van der Waals surface area (Å²) in [6.07, 6.45) is 0. The van der Waals surface area contributed by atoms with Crippen molar-refractivity contribution in [2.75, 3.05) is 5.32 Å². The van der Waals surface area contributed by atoms with Crippen LogP contribution in [0.15, 0.2) is 42.5 Å². The molecule has 0 saturated heterocycles. The Kier molecular flexibility index (Phi) is 7.17. The number of ether oxygens (including phenoxy) is 4. The summed E-state index contributed by atoms with van der Waals surface area (Å²) in [5, 5.41) is 1.94. The van der Waals surface area contributed by atoms with Gasteiger partial charge in [0.15, 0.2) is 52.0 Å². The van der Waals surface area contributed by atoms with Gasteiger partial charge < -0.3 is 24.3 Å². The molecule has 4 aromatic rings. The van der Waals surface area contributed by atoms with Crippen molar-refractivity contribution in [2.24, 2.45) is 0 Å². The second kappa shape index (κ2) is 10.9. The number of carbonyl (C=O) groups is 4. The second-order valence-corrected chi connectivity index (χ2v) is 10.1. The van der Waals surface area contributed by atoms with E-state index in [1.807, 2.05) is 5.32 Å². The number of carbonyl (C=O) groups excluding carboxylic acids is 4. The van der Waals surface area contributed by atoms with Crippen LogP contribution in [0.3, 0.4) is 0 Å². The Balaban J connectivity index is 1.51. The Morgan fingerprint density at radius 2 is 1.17 bits per heavy atom. The zero-order valence-electron chi connectivity index (χ0n) is 23.5. The predicted octanol–water partition coefficient (Wildman–Crippen LogP) is 6.33. The van der Waals surface area contributed by atoms with E-state index < -0.39 is 87.2 Å². The summed E-state index contributed by atoms with van der Waals surface area (Å²) in [6.45, 7) is 2.00. The Bertz CT molecular complexity index is 2020. The Labute approximate surface area is 257 Å². The number of fused-ring (bicyclic) bond motifs is 6. The summed E-state index contributed by atoms with van der Waals surface area (Å²) in [5.74, 6) is -20.7. The van der Waals surface area contributed by atoms with Crippen LogP contribution < -0.4 is 19.5 Å². The van der Waals surface area contributed by atoms with Crippen molar-refractivity contribution in [3.05, 3.63) is 111 Å². The van der Waals surface area contributed by atoms with Crippen LogP contribution in [0, 0.1) is 40.7 Å². The lowest BCUT2D eigenvalue weighted by molar-refractivity contribution is -0.133. The Morgan fingerprint density at radius 3 is 1.66 bits per heavy atom. The molecule has 9 nitrogen and oxygen atoms in total. The first-order valence-corrected chi connectivity index (χ1v) is 13.1. The highest BCUT2D eigenvalue weighted by Crippen LogP contribution is 2.58. The summed E-state index contributed by atoms with van der Waals surface area (Å²) in [6, 6.07) is 6.62. The minimum absolute atomic E-state index is 0.109. The van der Waals surface area contributed by atoms with Crippen LogP contribution in [0.5, 0.6) is 23.0 Å². The largest absolute Gasteiger partial charge is 0.456 e. The average molecular weight is 661 g/mol. The van der Waals surface area contributed by atoms with E-state index in [1.54, 1.807) is 0 Å². The molecule has 1 amide bonds. The molecule has 0 aliphatic carbocycles. The maximum atomic E-state index is 15.2. The van der Waals surface area contributed by atoms with Gasteiger partial charge in [-0.1, -0.05) is 6.07 Å². The molecule has 0 aromatic heterocycles. The van der Waals surface area contributed by atoms with Gasteiger partial charge >= 0.3 is 17.9 Å². The van der Waals surface area contributed by atoms with E-state index in [9.17, 15) is 41.1 Å². The minimum Gasteiger partial charge on any atom is -0.456 e. The molecule has 2 aliphatic rings. The highest BCUT2D eigenvalue weighted by Gasteiger charge is 2.54. The van der Waals surface area contributed by atoms with E-state index >= 15 is 8.78 Å². The molecular weight excluding hydrogens is 647 g/mol. The van der Waals surface area contributed by atoms with E-state index in [0.717, 1.165) is 56.3 Å². The van der Waals surface area contributed by atoms with Gasteiger partial charge in [-0.05, 0) is 24.3 Å². The zero-order valence-corrected chi connectivity index (χ0v) is 23.5. The lowest BCUT2D eigenvalue weighted by Crippen LogP contribution is -2.33. The lowest BCUT2D eigenvalue weighted by atomic mass is 9.77. The molecule has 0 radical (unpaired) electrons. The molecule has 47 heavy (non-hydrogen) atoms. The third kappa shape index (κ3) is 4.79. The van der Waals surface area contributed by atoms with Crippen LogP contribution in [-0.4, -0.2) is 23.8 Å². The number of halogens is 7. The second-order valence-electron chi connectivity index (χ2n) is 10.1. The summed E-state index contributed by atoms with van der Waals surface area (Å²) in [5.41, 5.74) is -5.32. The number of benzene rings is 4. The molecular formula is C31H14F7NO8. The molecule has 240 valence electrons. The smallest absolute Gasteiger partial charge is 0.340 e. The molecule has 4 aromatic carbocycles. The Morgan fingerprint density at radius 1 is 0.681 bits per heavy atom. The molecule has 0 unspecified atom stereocenters. The fourth-order valence-corrected chi connectivity index (χ4v) is 5.26. The van der Waals surface area contributed by atoms with Gasteiger partial charge in [0, 0.05) is 37.2 Å². The number of anilines is 1. The lowest BCUT2D eigenvalue weighted by Gasteiger charge is -2.36. The van der Waals surface area contributed by atoms with E-state index in [1.165, 1.54) is 0 Å². The summed E-state index contributed by atoms with van der Waals surface area (Å²) >= 11 is 0. The molecule has 0 atom stereocenters. The van der Waals surface area contributed by atoms with E-state index in [4.69, 9.17) is 18.9 Å². The number of hydrogen-bond donors (Lipinski definition) is 1. The maximum Gasteiger partial charge on any atom is 0.340 e. The fraction of sp³-hybridized carbons (Fsp3) is 0.0968. The molecule has 0 fully saturated rings. The SMILES string of the molecule is CC(=O)Oc1cc2c(cc1F)C1(OC(=O)c3cc(NC(=O)c4c(F)c(F)c(F)c(F)c4F)ccc31)c1cc(F)c(OC(C)=O)cc1O2. The van der Waals surface area contributed by atoms with Crippen molar-refractivity contribution in [1.82, 2.24) is 0 Å². The first-order valence-electron chi connectivity index (χ1n) is 13.1. The fourth-order valence-electron chi connectivity index (χ4n) is 5.26. The molecule has 2 heterocycles. The van der Waals surface area contributed by atoms with Gasteiger partial charge in [-0.3, -0.25) is 14.4 Å². The monoisotopic (exact) mass is 661 g/mol. The highest BCUT2D eigenvalue weighted by atomic mass is 19.2. The third-order valence-corrected chi connectivity index (χ3v) is 7.11. The topological polar surface area (TPSA) is 117 Å². The van der Waals surface area contributed by atoms with Crippen molar-refractivity contribution in [2.45, 2.75) is 19.4 Å². The molecule has 2 aliphatic heterocycles. The number of esters is 3. The van der Waals surface area contributed by atoms with Gasteiger partial charge in [0.1, 0.15) is 17.1 Å². The Hall–Kier alpha value is -5.93. The molecule has 0 saturated carbocycles. The summed E-state index contributed by atoms with van der Waals surface area (Å²) in [7, 11) is 0. The number of nitrogens with one attached hydrogen (secondary N) is 1. The summed E-state index contributed by atoms with van der Waals surface area (Å²) in [4.78, 5) is 49.1. The van der Waals surface area contributed by atoms with Crippen LogP contribution in [0.2, 0.25) is 0 Å². The van der Waals surface area contributed by atoms with E-state index in [2.05, 4.69) is 0 Å². The van der Waals surface area contributed by atoms with Crippen LogP contribution in [0.1, 0.15) is 51.3 Å². The quantitative estimate of drug-likeness (QED) is 0.0887. The van der Waals surface area contributed by atoms with E-state index in [0.29, 0.717) is 0 Å². The number of amides is 1. The normalized spacial score (nSPS) is 13.6. The van der Waals surface area contributed by atoms with Gasteiger partial charge in [-0.2, -0.15) is 0 Å². The van der Waals surface area contributed by atoms with Gasteiger partial charge in [0.2, 0.25) is 5.82 Å². The van der Waals surface area contributed by atoms with Crippen molar-refractivity contribution in [3.63, 3.8) is 0 Å². The molecule has 1 N–H and O–H groups in total. The minimum atomic E-state index is -2.48. The third-order valence-electron chi connectivity index (χ3n) is 7.11. The van der Waals surface area contributed by atoms with Crippen LogP contribution in [0.4, 0.5) is 36.4 Å². The maximum absolute atomic E-state index is 15.2. The first-order chi connectivity index (χ1) is 22.1.